The largest absolute Gasteiger partial charge is 0.321 e. The Labute approximate surface area is 161 Å². The highest BCUT2D eigenvalue weighted by Crippen LogP contribution is 2.12. The van der Waals surface area contributed by atoms with Gasteiger partial charge in [0, 0.05) is 17.4 Å². The molecule has 1 N–H and O–H groups in total. The molecule has 0 spiro atoms. The van der Waals surface area contributed by atoms with E-state index in [1.165, 1.54) is 11.0 Å². The van der Waals surface area contributed by atoms with Crippen LogP contribution >= 0.6 is 0 Å². The van der Waals surface area contributed by atoms with Crippen LogP contribution in [0.4, 0.5) is 5.69 Å². The highest BCUT2D eigenvalue weighted by molar-refractivity contribution is 6.02. The van der Waals surface area contributed by atoms with Gasteiger partial charge < -0.3 is 5.32 Å². The number of nitrogens with zero attached hydrogens (tertiary/aromatic N) is 4. The van der Waals surface area contributed by atoms with Crippen LogP contribution < -0.4 is 5.32 Å². The summed E-state index contributed by atoms with van der Waals surface area (Å²) in [5, 5.41) is 11.2. The van der Waals surface area contributed by atoms with E-state index in [2.05, 4.69) is 32.3 Å². The van der Waals surface area contributed by atoms with Crippen molar-refractivity contribution in [1.82, 2.24) is 20.0 Å². The Morgan fingerprint density at radius 2 is 1.79 bits per heavy atom. The third-order valence-electron chi connectivity index (χ3n) is 3.83. The third kappa shape index (κ3) is 4.11. The number of carbonyl (C=O) groups excluding carboxylic acids is 1. The molecule has 0 aliphatic rings. The fourth-order valence-corrected chi connectivity index (χ4v) is 2.50. The van der Waals surface area contributed by atoms with Gasteiger partial charge in [0.05, 0.1) is 11.9 Å². The van der Waals surface area contributed by atoms with E-state index in [0.29, 0.717) is 11.4 Å². The molecule has 0 aliphatic carbocycles. The van der Waals surface area contributed by atoms with Crippen LogP contribution in [-0.4, -0.2) is 25.9 Å². The zero-order valence-electron chi connectivity index (χ0n) is 14.8. The van der Waals surface area contributed by atoms with Crippen molar-refractivity contribution in [2.24, 2.45) is 0 Å². The molecule has 0 aliphatic heterocycles. The molecule has 134 valence electrons. The number of benzene rings is 2. The third-order valence-corrected chi connectivity index (χ3v) is 3.83. The molecule has 2 heterocycles. The highest BCUT2D eigenvalue weighted by atomic mass is 16.2. The van der Waals surface area contributed by atoms with E-state index in [-0.39, 0.29) is 11.6 Å². The fraction of sp³-hybridized carbons (Fsp3) is 0. The summed E-state index contributed by atoms with van der Waals surface area (Å²) in [6.45, 7) is 0. The van der Waals surface area contributed by atoms with Crippen molar-refractivity contribution in [3.05, 3.63) is 102 Å². The molecule has 4 rings (SSSR count). The van der Waals surface area contributed by atoms with Gasteiger partial charge in [-0.15, -0.1) is 5.10 Å². The van der Waals surface area contributed by atoms with Crippen LogP contribution in [0.3, 0.4) is 0 Å². The number of para-hydroxylation sites is 1. The number of nitrogens with one attached hydrogen (secondary N) is 1. The summed E-state index contributed by atoms with van der Waals surface area (Å²) in [6.07, 6.45) is 3.14. The van der Waals surface area contributed by atoms with E-state index in [0.717, 1.165) is 11.3 Å². The van der Waals surface area contributed by atoms with Gasteiger partial charge in [-0.25, -0.2) is 4.98 Å². The van der Waals surface area contributed by atoms with E-state index < -0.39 is 0 Å². The molecular weight excluding hydrogens is 350 g/mol. The first-order chi connectivity index (χ1) is 13.8. The molecule has 0 bridgehead atoms. The number of hydrogen-bond acceptors (Lipinski definition) is 4. The molecule has 0 radical (unpaired) electrons. The van der Waals surface area contributed by atoms with Gasteiger partial charge in [0.1, 0.15) is 5.69 Å². The number of anilines is 1. The van der Waals surface area contributed by atoms with Gasteiger partial charge >= 0.3 is 0 Å². The Kier molecular flexibility index (Phi) is 4.90. The van der Waals surface area contributed by atoms with Crippen molar-refractivity contribution >= 4 is 11.6 Å². The summed E-state index contributed by atoms with van der Waals surface area (Å²) in [5.41, 5.74) is 3.11. The number of hydrogen-bond donors (Lipinski definition) is 1. The lowest BCUT2D eigenvalue weighted by Gasteiger charge is -2.03. The summed E-state index contributed by atoms with van der Waals surface area (Å²) < 4.78 is 0. The summed E-state index contributed by atoms with van der Waals surface area (Å²) in [5.74, 6) is 5.70. The molecule has 28 heavy (non-hydrogen) atoms. The van der Waals surface area contributed by atoms with Crippen LogP contribution in [0, 0.1) is 11.8 Å². The van der Waals surface area contributed by atoms with Gasteiger partial charge in [0.25, 0.3) is 5.91 Å². The van der Waals surface area contributed by atoms with E-state index in [1.807, 2.05) is 60.7 Å². The first-order valence-electron chi connectivity index (χ1n) is 8.60. The maximum absolute atomic E-state index is 12.5. The predicted molar refractivity (Wildman–Crippen MR) is 106 cm³/mol. The van der Waals surface area contributed by atoms with E-state index in [1.54, 1.807) is 18.3 Å². The summed E-state index contributed by atoms with van der Waals surface area (Å²) in [6, 6.07) is 22.3. The number of rotatable bonds is 3. The van der Waals surface area contributed by atoms with Crippen molar-refractivity contribution in [3.8, 4) is 17.5 Å². The first kappa shape index (κ1) is 17.2. The molecule has 6 heteroatoms. The molecule has 0 saturated carbocycles. The van der Waals surface area contributed by atoms with Gasteiger partial charge in [0.15, 0.2) is 5.69 Å². The zero-order valence-corrected chi connectivity index (χ0v) is 14.8. The van der Waals surface area contributed by atoms with E-state index in [9.17, 15) is 4.79 Å². The van der Waals surface area contributed by atoms with Crippen molar-refractivity contribution < 1.29 is 4.79 Å². The molecule has 0 fully saturated rings. The molecule has 0 saturated heterocycles. The van der Waals surface area contributed by atoms with Gasteiger partial charge in [-0.3, -0.25) is 4.79 Å². The monoisotopic (exact) mass is 365 g/mol. The fourth-order valence-electron chi connectivity index (χ4n) is 2.50. The number of aromatic nitrogens is 4. The molecular formula is C22H15N5O. The first-order valence-corrected chi connectivity index (χ1v) is 8.60. The Hall–Kier alpha value is -4.24. The van der Waals surface area contributed by atoms with Gasteiger partial charge in [-0.2, -0.15) is 9.90 Å². The lowest BCUT2D eigenvalue weighted by atomic mass is 10.2. The minimum absolute atomic E-state index is 0.230. The van der Waals surface area contributed by atoms with Crippen LogP contribution in [0.5, 0.6) is 0 Å². The average molecular weight is 365 g/mol. The lowest BCUT2D eigenvalue weighted by molar-refractivity contribution is 0.102. The smallest absolute Gasteiger partial charge is 0.277 e. The summed E-state index contributed by atoms with van der Waals surface area (Å²) in [4.78, 5) is 18.1. The molecule has 1 amide bonds. The molecule has 2 aromatic heterocycles. The molecule has 0 unspecified atom stereocenters. The number of amides is 1. The second kappa shape index (κ2) is 7.98. The highest BCUT2D eigenvalue weighted by Gasteiger charge is 2.11. The standard InChI is InChI=1S/C22H15N5O/c28-22(21-16-24-27(26-21)20-10-2-1-3-11-20)25-19-9-6-7-17(15-19)12-13-18-8-4-5-14-23-18/h1-11,14-16H,(H,25,28). The normalized spacial score (nSPS) is 10.0. The Morgan fingerprint density at radius 1 is 0.929 bits per heavy atom. The van der Waals surface area contributed by atoms with Crippen LogP contribution in [-0.2, 0) is 0 Å². The number of pyridine rings is 1. The second-order valence-corrected chi connectivity index (χ2v) is 5.85. The molecule has 4 aromatic rings. The van der Waals surface area contributed by atoms with Crippen molar-refractivity contribution in [1.29, 1.82) is 0 Å². The van der Waals surface area contributed by atoms with Gasteiger partial charge in [-0.05, 0) is 48.4 Å². The minimum atomic E-state index is -0.336. The van der Waals surface area contributed by atoms with Crippen molar-refractivity contribution in [2.75, 3.05) is 5.32 Å². The van der Waals surface area contributed by atoms with Crippen LogP contribution in [0.1, 0.15) is 21.7 Å². The number of carbonyl (C=O) groups is 1. The SMILES string of the molecule is O=C(Nc1cccc(C#Cc2ccccn2)c1)c1cnn(-c2ccccc2)n1. The average Bonchev–Trinajstić information content (AvgIpc) is 3.25. The maximum atomic E-state index is 12.5. The van der Waals surface area contributed by atoms with Crippen molar-refractivity contribution in [3.63, 3.8) is 0 Å². The maximum Gasteiger partial charge on any atom is 0.277 e. The van der Waals surface area contributed by atoms with E-state index in [4.69, 9.17) is 0 Å². The van der Waals surface area contributed by atoms with Gasteiger partial charge in [-0.1, -0.05) is 36.3 Å². The van der Waals surface area contributed by atoms with Crippen LogP contribution in [0.2, 0.25) is 0 Å². The topological polar surface area (TPSA) is 72.7 Å². The minimum Gasteiger partial charge on any atom is -0.321 e. The van der Waals surface area contributed by atoms with Crippen LogP contribution in [0.25, 0.3) is 5.69 Å². The molecule has 0 atom stereocenters. The Balaban J connectivity index is 1.48. The quantitative estimate of drug-likeness (QED) is 0.565. The molecule has 2 aromatic carbocycles. The summed E-state index contributed by atoms with van der Waals surface area (Å²) >= 11 is 0. The zero-order chi connectivity index (χ0) is 19.2. The molecule has 6 nitrogen and oxygen atoms in total. The Morgan fingerprint density at radius 3 is 2.61 bits per heavy atom. The second-order valence-electron chi connectivity index (χ2n) is 5.85. The lowest BCUT2D eigenvalue weighted by Crippen LogP contribution is -2.13. The van der Waals surface area contributed by atoms with E-state index >= 15 is 0 Å². The van der Waals surface area contributed by atoms with Gasteiger partial charge in [0.2, 0.25) is 0 Å². The Bertz CT molecular complexity index is 1160. The predicted octanol–water partition coefficient (Wildman–Crippen LogP) is 3.31. The van der Waals surface area contributed by atoms with Crippen LogP contribution in [0.15, 0.2) is 85.2 Å². The van der Waals surface area contributed by atoms with Crippen molar-refractivity contribution in [2.45, 2.75) is 0 Å². The summed E-state index contributed by atoms with van der Waals surface area (Å²) in [7, 11) is 0.